The standard InChI is InChI=1S/C10H7ClF3N3O3/c11-7-3(15)1-4(16-8(7)9(18)19)5-2-6(17-20-5)10(12,13)14/h1,5H,2H2,(H2,15,16)(H,18,19). The lowest BCUT2D eigenvalue weighted by Gasteiger charge is -2.11. The number of carboxylic acid groups (broad SMARTS) is 1. The van der Waals surface area contributed by atoms with E-state index in [1.807, 2.05) is 0 Å². The number of hydrogen-bond acceptors (Lipinski definition) is 5. The van der Waals surface area contributed by atoms with E-state index in [0.717, 1.165) is 6.07 Å². The number of oxime groups is 1. The van der Waals surface area contributed by atoms with Crippen LogP contribution >= 0.6 is 11.6 Å². The maximum Gasteiger partial charge on any atom is 0.432 e. The minimum absolute atomic E-state index is 0.0766. The molecule has 0 amide bonds. The number of alkyl halides is 3. The van der Waals surface area contributed by atoms with Gasteiger partial charge >= 0.3 is 12.1 Å². The molecule has 1 atom stereocenters. The first kappa shape index (κ1) is 14.4. The third-order valence-electron chi connectivity index (χ3n) is 2.53. The molecular formula is C10H7ClF3N3O3. The summed E-state index contributed by atoms with van der Waals surface area (Å²) in [4.78, 5) is 19.2. The zero-order valence-corrected chi connectivity index (χ0v) is 10.4. The molecule has 0 aliphatic carbocycles. The molecule has 0 saturated carbocycles. The summed E-state index contributed by atoms with van der Waals surface area (Å²) in [7, 11) is 0. The molecule has 3 N–H and O–H groups in total. The van der Waals surface area contributed by atoms with Gasteiger partial charge in [0.05, 0.1) is 16.4 Å². The number of pyridine rings is 1. The maximum absolute atomic E-state index is 12.4. The van der Waals surface area contributed by atoms with Crippen molar-refractivity contribution in [3.05, 3.63) is 22.5 Å². The lowest BCUT2D eigenvalue weighted by Crippen LogP contribution is -2.21. The highest BCUT2D eigenvalue weighted by molar-refractivity contribution is 6.35. The van der Waals surface area contributed by atoms with Crippen molar-refractivity contribution < 1.29 is 27.9 Å². The first-order valence-electron chi connectivity index (χ1n) is 5.19. The SMILES string of the molecule is Nc1cc(C2CC(C(F)(F)F)=NO2)nc(C(=O)O)c1Cl. The average Bonchev–Trinajstić information content (AvgIpc) is 2.81. The van der Waals surface area contributed by atoms with Gasteiger partial charge < -0.3 is 15.7 Å². The van der Waals surface area contributed by atoms with Crippen LogP contribution in [0, 0.1) is 0 Å². The van der Waals surface area contributed by atoms with Crippen molar-refractivity contribution in [1.29, 1.82) is 0 Å². The number of anilines is 1. The minimum Gasteiger partial charge on any atom is -0.476 e. The molecule has 1 aromatic rings. The molecule has 1 aliphatic rings. The summed E-state index contributed by atoms with van der Waals surface area (Å²) >= 11 is 5.65. The third kappa shape index (κ3) is 2.62. The van der Waals surface area contributed by atoms with E-state index in [0.29, 0.717) is 0 Å². The Kier molecular flexibility index (Phi) is 3.46. The molecule has 0 fully saturated rings. The highest BCUT2D eigenvalue weighted by Crippen LogP contribution is 2.35. The second-order valence-electron chi connectivity index (χ2n) is 3.94. The van der Waals surface area contributed by atoms with Gasteiger partial charge in [0.1, 0.15) is 0 Å². The van der Waals surface area contributed by atoms with E-state index in [4.69, 9.17) is 22.4 Å². The second-order valence-corrected chi connectivity index (χ2v) is 4.32. The van der Waals surface area contributed by atoms with E-state index in [1.165, 1.54) is 0 Å². The zero-order valence-electron chi connectivity index (χ0n) is 9.61. The van der Waals surface area contributed by atoms with Crippen LogP contribution < -0.4 is 5.73 Å². The van der Waals surface area contributed by atoms with Crippen molar-refractivity contribution in [2.45, 2.75) is 18.7 Å². The Labute approximate surface area is 115 Å². The van der Waals surface area contributed by atoms with Gasteiger partial charge in [0.25, 0.3) is 0 Å². The van der Waals surface area contributed by atoms with Crippen molar-refractivity contribution in [2.24, 2.45) is 5.16 Å². The molecule has 1 unspecified atom stereocenters. The number of aromatic carboxylic acids is 1. The Hall–Kier alpha value is -2.03. The van der Waals surface area contributed by atoms with Crippen LogP contribution in [0.2, 0.25) is 5.02 Å². The molecular weight excluding hydrogens is 303 g/mol. The monoisotopic (exact) mass is 309 g/mol. The number of nitrogens with two attached hydrogens (primary N) is 1. The summed E-state index contributed by atoms with van der Waals surface area (Å²) in [5.41, 5.74) is 3.66. The van der Waals surface area contributed by atoms with Crippen molar-refractivity contribution >= 4 is 29.0 Å². The fourth-order valence-electron chi connectivity index (χ4n) is 1.58. The molecule has 20 heavy (non-hydrogen) atoms. The summed E-state index contributed by atoms with van der Waals surface area (Å²) < 4.78 is 37.3. The second kappa shape index (κ2) is 4.82. The predicted octanol–water partition coefficient (Wildman–Crippen LogP) is 2.40. The maximum atomic E-state index is 12.4. The predicted molar refractivity (Wildman–Crippen MR) is 62.6 cm³/mol. The van der Waals surface area contributed by atoms with Crippen LogP contribution in [0.5, 0.6) is 0 Å². The van der Waals surface area contributed by atoms with Crippen LogP contribution in [-0.4, -0.2) is 27.9 Å². The largest absolute Gasteiger partial charge is 0.476 e. The molecule has 0 radical (unpaired) electrons. The quantitative estimate of drug-likeness (QED) is 0.874. The number of carboxylic acids is 1. The molecule has 0 saturated heterocycles. The number of halogens is 4. The van der Waals surface area contributed by atoms with Gasteiger partial charge in [0.15, 0.2) is 17.5 Å². The molecule has 0 spiro atoms. The van der Waals surface area contributed by atoms with Gasteiger partial charge in [-0.15, -0.1) is 0 Å². The Morgan fingerprint density at radius 1 is 1.55 bits per heavy atom. The van der Waals surface area contributed by atoms with E-state index in [9.17, 15) is 18.0 Å². The molecule has 108 valence electrons. The summed E-state index contributed by atoms with van der Waals surface area (Å²) in [5.74, 6) is -1.45. The molecule has 10 heteroatoms. The number of nitrogen functional groups attached to an aromatic ring is 1. The highest BCUT2D eigenvalue weighted by Gasteiger charge is 2.42. The normalized spacial score (nSPS) is 18.6. The lowest BCUT2D eigenvalue weighted by molar-refractivity contribution is -0.0604. The fraction of sp³-hybridized carbons (Fsp3) is 0.300. The summed E-state index contributed by atoms with van der Waals surface area (Å²) in [5, 5.41) is 11.5. The summed E-state index contributed by atoms with van der Waals surface area (Å²) in [6.07, 6.45) is -6.33. The average molecular weight is 310 g/mol. The molecule has 1 aromatic heterocycles. The van der Waals surface area contributed by atoms with E-state index >= 15 is 0 Å². The van der Waals surface area contributed by atoms with E-state index in [1.54, 1.807) is 0 Å². The number of carbonyl (C=O) groups is 1. The van der Waals surface area contributed by atoms with Crippen molar-refractivity contribution in [1.82, 2.24) is 4.98 Å². The smallest absolute Gasteiger partial charge is 0.432 e. The highest BCUT2D eigenvalue weighted by atomic mass is 35.5. The van der Waals surface area contributed by atoms with Gasteiger partial charge in [-0.3, -0.25) is 0 Å². The third-order valence-corrected chi connectivity index (χ3v) is 2.93. The van der Waals surface area contributed by atoms with Gasteiger partial charge in [0.2, 0.25) is 0 Å². The van der Waals surface area contributed by atoms with Crippen LogP contribution in [0.15, 0.2) is 11.2 Å². The van der Waals surface area contributed by atoms with Crippen LogP contribution in [0.4, 0.5) is 18.9 Å². The van der Waals surface area contributed by atoms with Gasteiger partial charge in [-0.1, -0.05) is 16.8 Å². The van der Waals surface area contributed by atoms with Gasteiger partial charge in [-0.25, -0.2) is 9.78 Å². The van der Waals surface area contributed by atoms with Crippen LogP contribution in [0.25, 0.3) is 0 Å². The van der Waals surface area contributed by atoms with E-state index in [-0.39, 0.29) is 16.4 Å². The number of hydrogen-bond donors (Lipinski definition) is 2. The molecule has 0 bridgehead atoms. The van der Waals surface area contributed by atoms with Gasteiger partial charge in [-0.2, -0.15) is 13.2 Å². The first-order chi connectivity index (χ1) is 9.20. The van der Waals surface area contributed by atoms with Crippen molar-refractivity contribution in [3.8, 4) is 0 Å². The molecule has 0 aromatic carbocycles. The van der Waals surface area contributed by atoms with Crippen LogP contribution in [0.1, 0.15) is 28.7 Å². The lowest BCUT2D eigenvalue weighted by atomic mass is 10.1. The summed E-state index contributed by atoms with van der Waals surface area (Å²) in [6, 6.07) is 1.16. The van der Waals surface area contributed by atoms with Crippen molar-refractivity contribution in [2.75, 3.05) is 5.73 Å². The zero-order chi connectivity index (χ0) is 15.1. The van der Waals surface area contributed by atoms with E-state index in [2.05, 4.69) is 15.0 Å². The number of aromatic nitrogens is 1. The topological polar surface area (TPSA) is 97.8 Å². The molecule has 6 nitrogen and oxygen atoms in total. The van der Waals surface area contributed by atoms with E-state index < -0.39 is 36.1 Å². The number of rotatable bonds is 2. The Bertz CT molecular complexity index is 603. The van der Waals surface area contributed by atoms with Crippen LogP contribution in [0.3, 0.4) is 0 Å². The Morgan fingerprint density at radius 2 is 2.20 bits per heavy atom. The van der Waals surface area contributed by atoms with Gasteiger partial charge in [0, 0.05) is 6.42 Å². The number of nitrogens with zero attached hydrogens (tertiary/aromatic N) is 2. The molecule has 2 heterocycles. The first-order valence-corrected chi connectivity index (χ1v) is 5.57. The van der Waals surface area contributed by atoms with Crippen molar-refractivity contribution in [3.63, 3.8) is 0 Å². The van der Waals surface area contributed by atoms with Crippen LogP contribution in [-0.2, 0) is 4.84 Å². The fourth-order valence-corrected chi connectivity index (χ4v) is 1.76. The van der Waals surface area contributed by atoms with Gasteiger partial charge in [-0.05, 0) is 6.07 Å². The minimum atomic E-state index is -4.61. The summed E-state index contributed by atoms with van der Waals surface area (Å²) in [6.45, 7) is 0. The Balaban J connectivity index is 2.31. The Morgan fingerprint density at radius 3 is 2.70 bits per heavy atom. The molecule has 1 aliphatic heterocycles. The molecule has 2 rings (SSSR count).